The first-order valence-corrected chi connectivity index (χ1v) is 5.53. The maximum atomic E-state index is 12.9. The van der Waals surface area contributed by atoms with Gasteiger partial charge in [-0.1, -0.05) is 31.5 Å². The zero-order valence-corrected chi connectivity index (χ0v) is 10.1. The van der Waals surface area contributed by atoms with E-state index >= 15 is 0 Å². The van der Waals surface area contributed by atoms with Gasteiger partial charge in [0.2, 0.25) is 0 Å². The molecule has 0 fully saturated rings. The average Bonchev–Trinajstić information content (AvgIpc) is 2.15. The molecule has 1 nitrogen and oxygen atoms in total. The predicted octanol–water partition coefficient (Wildman–Crippen LogP) is 3.44. The summed E-state index contributed by atoms with van der Waals surface area (Å²) in [7, 11) is 1.91. The van der Waals surface area contributed by atoms with Gasteiger partial charge in [0, 0.05) is 17.5 Å². The number of likely N-dealkylation sites (N-methyl/N-ethyl adjacent to an activating group) is 1. The second-order valence-corrected chi connectivity index (χ2v) is 4.48. The van der Waals surface area contributed by atoms with Crippen molar-refractivity contribution in [1.29, 1.82) is 0 Å². The second-order valence-electron chi connectivity index (χ2n) is 4.07. The Morgan fingerprint density at radius 2 is 2.07 bits per heavy atom. The molecule has 84 valence electrons. The normalized spacial score (nSPS) is 13.2. The number of nitrogens with one attached hydrogen (secondary N) is 1. The van der Waals surface area contributed by atoms with Crippen LogP contribution in [0.4, 0.5) is 4.39 Å². The minimum Gasteiger partial charge on any atom is -0.319 e. The summed E-state index contributed by atoms with van der Waals surface area (Å²) in [4.78, 5) is 0. The third-order valence-corrected chi connectivity index (χ3v) is 2.92. The second kappa shape index (κ2) is 5.47. The van der Waals surface area contributed by atoms with Gasteiger partial charge in [-0.05, 0) is 30.7 Å². The lowest BCUT2D eigenvalue weighted by Crippen LogP contribution is -2.21. The van der Waals surface area contributed by atoms with E-state index in [2.05, 4.69) is 19.2 Å². The van der Waals surface area contributed by atoms with E-state index in [4.69, 9.17) is 11.6 Å². The first-order valence-electron chi connectivity index (χ1n) is 5.15. The fourth-order valence-corrected chi connectivity index (χ4v) is 2.03. The van der Waals surface area contributed by atoms with Crippen molar-refractivity contribution in [2.45, 2.75) is 19.8 Å². The van der Waals surface area contributed by atoms with E-state index < -0.39 is 0 Å². The third-order valence-electron chi connectivity index (χ3n) is 2.59. The van der Waals surface area contributed by atoms with Gasteiger partial charge in [-0.2, -0.15) is 0 Å². The topological polar surface area (TPSA) is 12.0 Å². The molecule has 1 aromatic rings. The molecule has 0 bridgehead atoms. The maximum absolute atomic E-state index is 12.9. The molecule has 15 heavy (non-hydrogen) atoms. The molecule has 0 spiro atoms. The molecule has 1 rings (SSSR count). The fraction of sp³-hybridized carbons (Fsp3) is 0.500. The standard InChI is InChI=1S/C12H17ClFN/c1-8(2)11(7-15-3)10-5-4-9(14)6-12(10)13/h4-6,8,11,15H,7H2,1-3H3. The zero-order chi connectivity index (χ0) is 11.4. The molecular weight excluding hydrogens is 213 g/mol. The molecule has 1 unspecified atom stereocenters. The first-order chi connectivity index (χ1) is 7.06. The number of halogens is 2. The van der Waals surface area contributed by atoms with Crippen LogP contribution in [-0.4, -0.2) is 13.6 Å². The molecule has 0 heterocycles. The zero-order valence-electron chi connectivity index (χ0n) is 9.35. The molecule has 0 aromatic heterocycles. The quantitative estimate of drug-likeness (QED) is 0.834. The van der Waals surface area contributed by atoms with Crippen LogP contribution in [0.3, 0.4) is 0 Å². The Morgan fingerprint density at radius 1 is 1.40 bits per heavy atom. The molecular formula is C12H17ClFN. The fourth-order valence-electron chi connectivity index (χ4n) is 1.73. The molecule has 0 saturated heterocycles. The van der Waals surface area contributed by atoms with Gasteiger partial charge in [0.25, 0.3) is 0 Å². The summed E-state index contributed by atoms with van der Waals surface area (Å²) in [5, 5.41) is 3.65. The Labute approximate surface area is 95.6 Å². The van der Waals surface area contributed by atoms with E-state index in [-0.39, 0.29) is 5.82 Å². The van der Waals surface area contributed by atoms with E-state index in [1.54, 1.807) is 6.07 Å². The molecule has 0 saturated carbocycles. The van der Waals surface area contributed by atoms with Gasteiger partial charge in [-0.3, -0.25) is 0 Å². The molecule has 3 heteroatoms. The van der Waals surface area contributed by atoms with Crippen molar-refractivity contribution in [3.8, 4) is 0 Å². The van der Waals surface area contributed by atoms with Gasteiger partial charge >= 0.3 is 0 Å². The van der Waals surface area contributed by atoms with Crippen LogP contribution in [0.5, 0.6) is 0 Å². The van der Waals surface area contributed by atoms with Gasteiger partial charge in [-0.25, -0.2) is 4.39 Å². The van der Waals surface area contributed by atoms with Crippen molar-refractivity contribution in [3.63, 3.8) is 0 Å². The summed E-state index contributed by atoms with van der Waals surface area (Å²) in [5.41, 5.74) is 1.02. The van der Waals surface area contributed by atoms with Crippen molar-refractivity contribution >= 4 is 11.6 Å². The van der Waals surface area contributed by atoms with Crippen LogP contribution in [0, 0.1) is 11.7 Å². The van der Waals surface area contributed by atoms with Crippen LogP contribution >= 0.6 is 11.6 Å². The van der Waals surface area contributed by atoms with E-state index in [9.17, 15) is 4.39 Å². The lowest BCUT2D eigenvalue weighted by molar-refractivity contribution is 0.477. The van der Waals surface area contributed by atoms with Gasteiger partial charge in [0.15, 0.2) is 0 Å². The van der Waals surface area contributed by atoms with Crippen LogP contribution < -0.4 is 5.32 Å². The van der Waals surface area contributed by atoms with Crippen molar-refractivity contribution in [2.24, 2.45) is 5.92 Å². The molecule has 1 N–H and O–H groups in total. The molecule has 1 aromatic carbocycles. The number of rotatable bonds is 4. The van der Waals surface area contributed by atoms with E-state index in [1.807, 2.05) is 7.05 Å². The Balaban J connectivity index is 3.00. The average molecular weight is 230 g/mol. The molecule has 0 amide bonds. The highest BCUT2D eigenvalue weighted by Crippen LogP contribution is 2.30. The molecule has 1 atom stereocenters. The summed E-state index contributed by atoms with van der Waals surface area (Å²) in [6.07, 6.45) is 0. The largest absolute Gasteiger partial charge is 0.319 e. The molecule has 0 aliphatic heterocycles. The Morgan fingerprint density at radius 3 is 2.53 bits per heavy atom. The number of hydrogen-bond acceptors (Lipinski definition) is 1. The Hall–Kier alpha value is -0.600. The lowest BCUT2D eigenvalue weighted by Gasteiger charge is -2.22. The van der Waals surface area contributed by atoms with Gasteiger partial charge < -0.3 is 5.32 Å². The monoisotopic (exact) mass is 229 g/mol. The summed E-state index contributed by atoms with van der Waals surface area (Å²) in [6, 6.07) is 4.62. The third kappa shape index (κ3) is 3.18. The van der Waals surface area contributed by atoms with Crippen molar-refractivity contribution in [1.82, 2.24) is 5.32 Å². The van der Waals surface area contributed by atoms with Gasteiger partial charge in [0.1, 0.15) is 5.82 Å². The Bertz CT molecular complexity index is 325. The van der Waals surface area contributed by atoms with Gasteiger partial charge in [-0.15, -0.1) is 0 Å². The predicted molar refractivity (Wildman–Crippen MR) is 62.9 cm³/mol. The lowest BCUT2D eigenvalue weighted by atomic mass is 9.88. The SMILES string of the molecule is CNCC(c1ccc(F)cc1Cl)C(C)C. The highest BCUT2D eigenvalue weighted by molar-refractivity contribution is 6.31. The summed E-state index contributed by atoms with van der Waals surface area (Å²) < 4.78 is 12.9. The van der Waals surface area contributed by atoms with Crippen molar-refractivity contribution in [3.05, 3.63) is 34.6 Å². The smallest absolute Gasteiger partial charge is 0.124 e. The van der Waals surface area contributed by atoms with Gasteiger partial charge in [0.05, 0.1) is 0 Å². The maximum Gasteiger partial charge on any atom is 0.124 e. The highest BCUT2D eigenvalue weighted by atomic mass is 35.5. The van der Waals surface area contributed by atoms with Crippen LogP contribution in [0.25, 0.3) is 0 Å². The minimum atomic E-state index is -0.282. The van der Waals surface area contributed by atoms with Crippen LogP contribution in [0.1, 0.15) is 25.3 Å². The summed E-state index contributed by atoms with van der Waals surface area (Å²) >= 11 is 6.04. The number of hydrogen-bond donors (Lipinski definition) is 1. The highest BCUT2D eigenvalue weighted by Gasteiger charge is 2.17. The van der Waals surface area contributed by atoms with E-state index in [0.29, 0.717) is 16.9 Å². The van der Waals surface area contributed by atoms with E-state index in [1.165, 1.54) is 12.1 Å². The van der Waals surface area contributed by atoms with Crippen molar-refractivity contribution in [2.75, 3.05) is 13.6 Å². The first kappa shape index (κ1) is 12.5. The van der Waals surface area contributed by atoms with Crippen molar-refractivity contribution < 1.29 is 4.39 Å². The van der Waals surface area contributed by atoms with Crippen LogP contribution in [0.2, 0.25) is 5.02 Å². The Kier molecular flexibility index (Phi) is 4.55. The summed E-state index contributed by atoms with van der Waals surface area (Å²) in [6.45, 7) is 5.13. The minimum absolute atomic E-state index is 0.282. The number of benzene rings is 1. The van der Waals surface area contributed by atoms with Crippen LogP contribution in [-0.2, 0) is 0 Å². The van der Waals surface area contributed by atoms with Crippen LogP contribution in [0.15, 0.2) is 18.2 Å². The summed E-state index contributed by atoms with van der Waals surface area (Å²) in [5.74, 6) is 0.513. The molecule has 0 aliphatic carbocycles. The molecule has 0 aliphatic rings. The molecule has 0 radical (unpaired) electrons. The van der Waals surface area contributed by atoms with E-state index in [0.717, 1.165) is 12.1 Å².